The van der Waals surface area contributed by atoms with E-state index in [1.165, 1.54) is 33.5 Å². The van der Waals surface area contributed by atoms with Gasteiger partial charge >= 0.3 is 0 Å². The Bertz CT molecular complexity index is 1410. The molecular formula is C24H21NO6S. The molecule has 0 aliphatic carbocycles. The number of hydrogen-bond acceptors (Lipinski definition) is 6. The highest BCUT2D eigenvalue weighted by Gasteiger charge is 2.29. The van der Waals surface area contributed by atoms with Crippen LogP contribution in [0.15, 0.2) is 77.7 Å². The lowest BCUT2D eigenvalue weighted by molar-refractivity contribution is 0.103. The van der Waals surface area contributed by atoms with Crippen LogP contribution in [0.4, 0.5) is 0 Å². The van der Waals surface area contributed by atoms with Crippen LogP contribution in [0.3, 0.4) is 0 Å². The van der Waals surface area contributed by atoms with Crippen molar-refractivity contribution in [2.45, 2.75) is 4.90 Å². The molecule has 0 fully saturated rings. The zero-order valence-corrected chi connectivity index (χ0v) is 18.5. The second-order valence-corrected chi connectivity index (χ2v) is 8.69. The van der Waals surface area contributed by atoms with E-state index in [1.54, 1.807) is 60.7 Å². The molecule has 164 valence electrons. The van der Waals surface area contributed by atoms with Crippen molar-refractivity contribution in [2.24, 2.45) is 0 Å². The fourth-order valence-corrected chi connectivity index (χ4v) is 5.15. The number of nitrogens with zero attached hydrogens (tertiary/aromatic N) is 1. The predicted octanol–water partition coefficient (Wildman–Crippen LogP) is 4.14. The van der Waals surface area contributed by atoms with Gasteiger partial charge in [-0.1, -0.05) is 24.3 Å². The van der Waals surface area contributed by atoms with Gasteiger partial charge in [0.2, 0.25) is 5.78 Å². The summed E-state index contributed by atoms with van der Waals surface area (Å²) in [6, 6.07) is 19.4. The minimum Gasteiger partial charge on any atom is -0.497 e. The second-order valence-electron chi connectivity index (χ2n) is 6.91. The average molecular weight is 452 g/mol. The van der Waals surface area contributed by atoms with E-state index in [0.717, 1.165) is 3.97 Å². The van der Waals surface area contributed by atoms with Crippen molar-refractivity contribution >= 4 is 26.7 Å². The molecule has 0 atom stereocenters. The molecule has 4 rings (SSSR count). The number of ether oxygens (including phenoxy) is 3. The van der Waals surface area contributed by atoms with Crippen molar-refractivity contribution in [1.82, 2.24) is 3.97 Å². The standard InChI is InChI=1S/C24H21NO6S/c1-29-17-12-13-20-16(14-17)15-21(25(20)32(27,28)18-8-5-4-6-9-18)23(26)19-10-7-11-22(30-2)24(19)31-3/h4-15H,1-3H3. The Morgan fingerprint density at radius 3 is 2.22 bits per heavy atom. The summed E-state index contributed by atoms with van der Waals surface area (Å²) >= 11 is 0. The van der Waals surface area contributed by atoms with Crippen LogP contribution < -0.4 is 14.2 Å². The number of aromatic nitrogens is 1. The minimum absolute atomic E-state index is 0.0244. The summed E-state index contributed by atoms with van der Waals surface area (Å²) in [5.41, 5.74) is 0.523. The normalized spacial score (nSPS) is 11.3. The molecule has 0 radical (unpaired) electrons. The third-order valence-electron chi connectivity index (χ3n) is 5.13. The highest BCUT2D eigenvalue weighted by atomic mass is 32.2. The van der Waals surface area contributed by atoms with Crippen molar-refractivity contribution in [3.05, 3.63) is 84.1 Å². The first-order valence-corrected chi connectivity index (χ1v) is 11.1. The van der Waals surface area contributed by atoms with E-state index in [0.29, 0.717) is 22.4 Å². The summed E-state index contributed by atoms with van der Waals surface area (Å²) < 4.78 is 44.3. The van der Waals surface area contributed by atoms with Gasteiger partial charge in [0.15, 0.2) is 11.5 Å². The SMILES string of the molecule is COc1ccc2c(c1)cc(C(=O)c1cccc(OC)c1OC)n2S(=O)(=O)c1ccccc1. The maximum atomic E-state index is 13.7. The minimum atomic E-state index is -4.08. The third-order valence-corrected chi connectivity index (χ3v) is 6.87. The van der Waals surface area contributed by atoms with Gasteiger partial charge < -0.3 is 14.2 Å². The van der Waals surface area contributed by atoms with Crippen molar-refractivity contribution in [3.8, 4) is 17.2 Å². The largest absolute Gasteiger partial charge is 0.497 e. The monoisotopic (exact) mass is 451 g/mol. The van der Waals surface area contributed by atoms with Gasteiger partial charge in [-0.2, -0.15) is 0 Å². The Kier molecular flexibility index (Phi) is 5.63. The molecule has 0 aliphatic rings. The highest BCUT2D eigenvalue weighted by Crippen LogP contribution is 2.35. The Morgan fingerprint density at radius 1 is 0.812 bits per heavy atom. The Morgan fingerprint density at radius 2 is 1.56 bits per heavy atom. The van der Waals surface area contributed by atoms with Gasteiger partial charge in [0.05, 0.1) is 37.3 Å². The van der Waals surface area contributed by atoms with Crippen molar-refractivity contribution < 1.29 is 27.4 Å². The molecule has 0 amide bonds. The third kappa shape index (κ3) is 3.48. The van der Waals surface area contributed by atoms with Gasteiger partial charge in [0.1, 0.15) is 11.4 Å². The van der Waals surface area contributed by atoms with E-state index in [4.69, 9.17) is 14.2 Å². The molecule has 0 unspecified atom stereocenters. The zero-order valence-electron chi connectivity index (χ0n) is 17.7. The number of hydrogen-bond donors (Lipinski definition) is 0. The first kappa shape index (κ1) is 21.5. The summed E-state index contributed by atoms with van der Waals surface area (Å²) in [5, 5.41) is 0.550. The number of rotatable bonds is 7. The van der Waals surface area contributed by atoms with E-state index in [1.807, 2.05) is 0 Å². The van der Waals surface area contributed by atoms with Gasteiger partial charge in [-0.3, -0.25) is 4.79 Å². The molecule has 1 heterocycles. The molecule has 0 saturated carbocycles. The quantitative estimate of drug-likeness (QED) is 0.393. The maximum Gasteiger partial charge on any atom is 0.268 e. The van der Waals surface area contributed by atoms with Gasteiger partial charge in [-0.15, -0.1) is 0 Å². The smallest absolute Gasteiger partial charge is 0.268 e. The molecule has 0 spiro atoms. The van der Waals surface area contributed by atoms with E-state index in [9.17, 15) is 13.2 Å². The number of methoxy groups -OCH3 is 3. The molecule has 4 aromatic rings. The van der Waals surface area contributed by atoms with Crippen LogP contribution in [0.1, 0.15) is 16.1 Å². The van der Waals surface area contributed by atoms with E-state index >= 15 is 0 Å². The topological polar surface area (TPSA) is 83.8 Å². The van der Waals surface area contributed by atoms with Crippen LogP contribution in [0.25, 0.3) is 10.9 Å². The summed E-state index contributed by atoms with van der Waals surface area (Å²) in [7, 11) is 0.336. The van der Waals surface area contributed by atoms with Crippen LogP contribution >= 0.6 is 0 Å². The van der Waals surface area contributed by atoms with E-state index in [-0.39, 0.29) is 21.9 Å². The molecule has 0 aliphatic heterocycles. The molecule has 0 N–H and O–H groups in total. The van der Waals surface area contributed by atoms with E-state index < -0.39 is 15.8 Å². The van der Waals surface area contributed by atoms with Crippen LogP contribution in [0, 0.1) is 0 Å². The summed E-state index contributed by atoms with van der Waals surface area (Å²) in [4.78, 5) is 13.7. The lowest BCUT2D eigenvalue weighted by atomic mass is 10.1. The molecule has 0 bridgehead atoms. The Balaban J connectivity index is 2.02. The van der Waals surface area contributed by atoms with Crippen LogP contribution in [-0.2, 0) is 10.0 Å². The fraction of sp³-hybridized carbons (Fsp3) is 0.125. The molecule has 8 heteroatoms. The summed E-state index contributed by atoms with van der Waals surface area (Å²) in [5.74, 6) is 0.625. The molecule has 7 nitrogen and oxygen atoms in total. The average Bonchev–Trinajstić information content (AvgIpc) is 3.23. The first-order chi connectivity index (χ1) is 15.4. The van der Waals surface area contributed by atoms with Crippen molar-refractivity contribution in [3.63, 3.8) is 0 Å². The molecule has 1 aromatic heterocycles. The number of carbonyl (C=O) groups is 1. The Labute approximate surface area is 185 Å². The number of para-hydroxylation sites is 1. The maximum absolute atomic E-state index is 13.7. The second kappa shape index (κ2) is 8.39. The predicted molar refractivity (Wildman–Crippen MR) is 120 cm³/mol. The lowest BCUT2D eigenvalue weighted by Gasteiger charge is -2.14. The molecule has 3 aromatic carbocycles. The number of fused-ring (bicyclic) bond motifs is 1. The number of ketones is 1. The van der Waals surface area contributed by atoms with Crippen molar-refractivity contribution in [1.29, 1.82) is 0 Å². The molecular weight excluding hydrogens is 430 g/mol. The Hall–Kier alpha value is -3.78. The van der Waals surface area contributed by atoms with Crippen LogP contribution in [0.2, 0.25) is 0 Å². The van der Waals surface area contributed by atoms with E-state index in [2.05, 4.69) is 0 Å². The highest BCUT2D eigenvalue weighted by molar-refractivity contribution is 7.90. The molecule has 0 saturated heterocycles. The summed E-state index contributed by atoms with van der Waals surface area (Å²) in [6.07, 6.45) is 0. The van der Waals surface area contributed by atoms with Crippen molar-refractivity contribution in [2.75, 3.05) is 21.3 Å². The summed E-state index contributed by atoms with van der Waals surface area (Å²) in [6.45, 7) is 0. The van der Waals surface area contributed by atoms with Gasteiger partial charge in [-0.05, 0) is 48.5 Å². The van der Waals surface area contributed by atoms with Gasteiger partial charge in [0.25, 0.3) is 10.0 Å². The number of benzene rings is 3. The van der Waals surface area contributed by atoms with Gasteiger partial charge in [-0.25, -0.2) is 12.4 Å². The fourth-order valence-electron chi connectivity index (χ4n) is 3.61. The lowest BCUT2D eigenvalue weighted by Crippen LogP contribution is -2.19. The zero-order chi connectivity index (χ0) is 22.9. The number of carbonyl (C=O) groups excluding carboxylic acids is 1. The van der Waals surface area contributed by atoms with Crippen LogP contribution in [0.5, 0.6) is 17.2 Å². The van der Waals surface area contributed by atoms with Gasteiger partial charge in [0, 0.05) is 5.39 Å². The molecule has 32 heavy (non-hydrogen) atoms. The van der Waals surface area contributed by atoms with Crippen LogP contribution in [-0.4, -0.2) is 39.5 Å². The first-order valence-electron chi connectivity index (χ1n) is 9.68.